The maximum atomic E-state index is 11.1. The van der Waals surface area contributed by atoms with Gasteiger partial charge < -0.3 is 19.7 Å². The van der Waals surface area contributed by atoms with Crippen molar-refractivity contribution in [2.75, 3.05) is 26.4 Å². The van der Waals surface area contributed by atoms with E-state index in [1.165, 1.54) is 0 Å². The second-order valence-electron chi connectivity index (χ2n) is 2.84. The molecule has 0 aliphatic carbocycles. The lowest BCUT2D eigenvalue weighted by Crippen LogP contribution is -2.23. The molecule has 2 N–H and O–H groups in total. The first-order valence-electron chi connectivity index (χ1n) is 4.44. The Hall–Kier alpha value is -1.17. The van der Waals surface area contributed by atoms with E-state index in [0.29, 0.717) is 6.61 Å². The Morgan fingerprint density at radius 2 is 2.20 bits per heavy atom. The summed E-state index contributed by atoms with van der Waals surface area (Å²) < 4.78 is 9.60. The van der Waals surface area contributed by atoms with Crippen LogP contribution in [0.25, 0.3) is 0 Å². The zero-order chi connectivity index (χ0) is 11.7. The molecule has 0 aromatic carbocycles. The van der Waals surface area contributed by atoms with Gasteiger partial charge in [-0.1, -0.05) is 12.7 Å². The summed E-state index contributed by atoms with van der Waals surface area (Å²) in [5, 5.41) is 17.4. The Bertz CT molecular complexity index is 224. The summed E-state index contributed by atoms with van der Waals surface area (Å²) in [6, 6.07) is 0. The van der Waals surface area contributed by atoms with E-state index in [-0.39, 0.29) is 18.8 Å². The summed E-state index contributed by atoms with van der Waals surface area (Å²) in [6.45, 7) is 6.57. The van der Waals surface area contributed by atoms with Crippen molar-refractivity contribution >= 4 is 5.97 Å². The van der Waals surface area contributed by atoms with Crippen molar-refractivity contribution in [3.63, 3.8) is 0 Å². The molecule has 0 bridgehead atoms. The maximum absolute atomic E-state index is 11.1. The van der Waals surface area contributed by atoms with Crippen molar-refractivity contribution in [2.45, 2.75) is 6.10 Å². The van der Waals surface area contributed by atoms with Crippen LogP contribution in [0, 0.1) is 0 Å². The molecule has 0 spiro atoms. The molecule has 0 saturated carbocycles. The number of rotatable bonds is 8. The zero-order valence-corrected chi connectivity index (χ0v) is 8.52. The normalized spacial score (nSPS) is 11.9. The van der Waals surface area contributed by atoms with Crippen LogP contribution < -0.4 is 0 Å². The van der Waals surface area contributed by atoms with Crippen molar-refractivity contribution < 1.29 is 24.5 Å². The van der Waals surface area contributed by atoms with Gasteiger partial charge in [0.15, 0.2) is 0 Å². The highest BCUT2D eigenvalue weighted by Gasteiger charge is 2.11. The molecule has 0 amide bonds. The SMILES string of the molecule is C=CCOCC(=C)C(=O)OCC(O)CO. The molecule has 5 heteroatoms. The highest BCUT2D eigenvalue weighted by molar-refractivity contribution is 5.87. The van der Waals surface area contributed by atoms with Crippen LogP contribution in [-0.4, -0.2) is 48.7 Å². The number of esters is 1. The van der Waals surface area contributed by atoms with E-state index in [2.05, 4.69) is 17.9 Å². The van der Waals surface area contributed by atoms with E-state index in [0.717, 1.165) is 0 Å². The van der Waals surface area contributed by atoms with Crippen LogP contribution in [0.3, 0.4) is 0 Å². The van der Waals surface area contributed by atoms with Gasteiger partial charge in [-0.05, 0) is 0 Å². The largest absolute Gasteiger partial charge is 0.459 e. The summed E-state index contributed by atoms with van der Waals surface area (Å²) >= 11 is 0. The number of hydrogen-bond acceptors (Lipinski definition) is 5. The predicted molar refractivity (Wildman–Crippen MR) is 54.2 cm³/mol. The third-order valence-electron chi connectivity index (χ3n) is 1.42. The molecule has 0 radical (unpaired) electrons. The van der Waals surface area contributed by atoms with E-state index >= 15 is 0 Å². The molecule has 0 heterocycles. The standard InChI is InChI=1S/C10H16O5/c1-3-4-14-6-8(2)10(13)15-7-9(12)5-11/h3,9,11-12H,1-2,4-7H2. The number of carbonyl (C=O) groups excluding carboxylic acids is 1. The highest BCUT2D eigenvalue weighted by atomic mass is 16.5. The van der Waals surface area contributed by atoms with Crippen LogP contribution in [-0.2, 0) is 14.3 Å². The molecule has 0 saturated heterocycles. The van der Waals surface area contributed by atoms with Crippen molar-refractivity contribution in [1.82, 2.24) is 0 Å². The van der Waals surface area contributed by atoms with Gasteiger partial charge in [0.2, 0.25) is 0 Å². The average molecular weight is 216 g/mol. The third-order valence-corrected chi connectivity index (χ3v) is 1.42. The molecule has 1 unspecified atom stereocenters. The van der Waals surface area contributed by atoms with E-state index in [4.69, 9.17) is 14.9 Å². The fourth-order valence-electron chi connectivity index (χ4n) is 0.651. The lowest BCUT2D eigenvalue weighted by atomic mass is 10.3. The Kier molecular flexibility index (Phi) is 7.53. The van der Waals surface area contributed by atoms with Crippen molar-refractivity contribution in [3.05, 3.63) is 24.8 Å². The molecule has 0 aliphatic rings. The molecule has 0 aliphatic heterocycles. The fourth-order valence-corrected chi connectivity index (χ4v) is 0.651. The summed E-state index contributed by atoms with van der Waals surface area (Å²) in [7, 11) is 0. The molecule has 0 rings (SSSR count). The lowest BCUT2D eigenvalue weighted by Gasteiger charge is -2.09. The fraction of sp³-hybridized carbons (Fsp3) is 0.500. The van der Waals surface area contributed by atoms with Gasteiger partial charge >= 0.3 is 5.97 Å². The van der Waals surface area contributed by atoms with Crippen LogP contribution in [0.1, 0.15) is 0 Å². The predicted octanol–water partition coefficient (Wildman–Crippen LogP) is -0.358. The van der Waals surface area contributed by atoms with Gasteiger partial charge in [0.25, 0.3) is 0 Å². The summed E-state index contributed by atoms with van der Waals surface area (Å²) in [4.78, 5) is 11.1. The Morgan fingerprint density at radius 3 is 2.73 bits per heavy atom. The van der Waals surface area contributed by atoms with Gasteiger partial charge in [0.05, 0.1) is 25.4 Å². The molecule has 0 aromatic heterocycles. The number of aliphatic hydroxyl groups is 2. The van der Waals surface area contributed by atoms with Gasteiger partial charge in [-0.15, -0.1) is 6.58 Å². The van der Waals surface area contributed by atoms with Crippen LogP contribution in [0.4, 0.5) is 0 Å². The monoisotopic (exact) mass is 216 g/mol. The van der Waals surface area contributed by atoms with E-state index < -0.39 is 18.7 Å². The van der Waals surface area contributed by atoms with Crippen LogP contribution in [0.2, 0.25) is 0 Å². The number of hydrogen-bond donors (Lipinski definition) is 2. The first kappa shape index (κ1) is 13.8. The van der Waals surface area contributed by atoms with Gasteiger partial charge in [0.1, 0.15) is 12.7 Å². The topological polar surface area (TPSA) is 76.0 Å². The summed E-state index contributed by atoms with van der Waals surface area (Å²) in [5.74, 6) is -0.647. The molecule has 5 nitrogen and oxygen atoms in total. The third kappa shape index (κ3) is 6.84. The van der Waals surface area contributed by atoms with Crippen LogP contribution in [0.15, 0.2) is 24.8 Å². The molecule has 0 fully saturated rings. The second kappa shape index (κ2) is 8.16. The Labute approximate surface area is 88.6 Å². The Morgan fingerprint density at radius 1 is 1.53 bits per heavy atom. The first-order chi connectivity index (χ1) is 7.11. The van der Waals surface area contributed by atoms with Gasteiger partial charge in [-0.2, -0.15) is 0 Å². The van der Waals surface area contributed by atoms with Gasteiger partial charge in [-0.25, -0.2) is 4.79 Å². The average Bonchev–Trinajstić information content (AvgIpc) is 2.25. The molecular formula is C10H16O5. The van der Waals surface area contributed by atoms with Crippen molar-refractivity contribution in [1.29, 1.82) is 0 Å². The van der Waals surface area contributed by atoms with Crippen LogP contribution in [0.5, 0.6) is 0 Å². The molecular weight excluding hydrogens is 200 g/mol. The second-order valence-corrected chi connectivity index (χ2v) is 2.84. The minimum atomic E-state index is -1.06. The summed E-state index contributed by atoms with van der Waals surface area (Å²) in [6.07, 6.45) is 0.490. The molecule has 15 heavy (non-hydrogen) atoms. The van der Waals surface area contributed by atoms with Gasteiger partial charge in [0, 0.05) is 0 Å². The first-order valence-corrected chi connectivity index (χ1v) is 4.44. The van der Waals surface area contributed by atoms with Crippen LogP contribution >= 0.6 is 0 Å². The highest BCUT2D eigenvalue weighted by Crippen LogP contribution is 1.97. The van der Waals surface area contributed by atoms with Crippen molar-refractivity contribution in [2.24, 2.45) is 0 Å². The number of carbonyl (C=O) groups is 1. The quantitative estimate of drug-likeness (QED) is 0.251. The van der Waals surface area contributed by atoms with E-state index in [9.17, 15) is 4.79 Å². The zero-order valence-electron chi connectivity index (χ0n) is 8.52. The minimum Gasteiger partial charge on any atom is -0.459 e. The molecule has 86 valence electrons. The molecule has 1 atom stereocenters. The maximum Gasteiger partial charge on any atom is 0.335 e. The Balaban J connectivity index is 3.69. The summed E-state index contributed by atoms with van der Waals surface area (Å²) in [5.41, 5.74) is 0.155. The number of ether oxygens (including phenoxy) is 2. The van der Waals surface area contributed by atoms with Crippen molar-refractivity contribution in [3.8, 4) is 0 Å². The van der Waals surface area contributed by atoms with Gasteiger partial charge in [-0.3, -0.25) is 0 Å². The lowest BCUT2D eigenvalue weighted by molar-refractivity contribution is -0.143. The molecule has 0 aromatic rings. The van der Waals surface area contributed by atoms with E-state index in [1.54, 1.807) is 6.08 Å². The minimum absolute atomic E-state index is 0.0556. The smallest absolute Gasteiger partial charge is 0.335 e. The van der Waals surface area contributed by atoms with E-state index in [1.807, 2.05) is 0 Å². The number of aliphatic hydroxyl groups excluding tert-OH is 2.